The number of methoxy groups -OCH3 is 2. The van der Waals surface area contributed by atoms with Crippen LogP contribution in [-0.4, -0.2) is 39.8 Å². The zero-order valence-corrected chi connectivity index (χ0v) is 19.7. The molecule has 0 radical (unpaired) electrons. The molecule has 0 unspecified atom stereocenters. The lowest BCUT2D eigenvalue weighted by molar-refractivity contribution is -0.130. The summed E-state index contributed by atoms with van der Waals surface area (Å²) in [6.07, 6.45) is 0.130. The molecule has 0 saturated heterocycles. The Bertz CT molecular complexity index is 1410. The fourth-order valence-electron chi connectivity index (χ4n) is 3.82. The van der Waals surface area contributed by atoms with Gasteiger partial charge in [0.25, 0.3) is 0 Å². The molecule has 34 heavy (non-hydrogen) atoms. The Labute approximate surface area is 200 Å². The highest BCUT2D eigenvalue weighted by Gasteiger charge is 2.24. The highest BCUT2D eigenvalue weighted by Crippen LogP contribution is 2.29. The van der Waals surface area contributed by atoms with E-state index < -0.39 is 5.97 Å². The van der Waals surface area contributed by atoms with Crippen molar-refractivity contribution in [1.82, 2.24) is 8.75 Å². The van der Waals surface area contributed by atoms with Gasteiger partial charge in [0.05, 0.1) is 31.5 Å². The van der Waals surface area contributed by atoms with Gasteiger partial charge in [-0.05, 0) is 66.1 Å². The molecule has 0 atom stereocenters. The average Bonchev–Trinajstić information content (AvgIpc) is 3.31. The van der Waals surface area contributed by atoms with Crippen LogP contribution < -0.4 is 9.47 Å². The van der Waals surface area contributed by atoms with Crippen molar-refractivity contribution in [3.8, 4) is 11.5 Å². The lowest BCUT2D eigenvalue weighted by atomic mass is 9.89. The van der Waals surface area contributed by atoms with E-state index in [0.29, 0.717) is 27.9 Å². The second-order valence-electron chi connectivity index (χ2n) is 7.66. The number of carbonyl (C=O) groups excluding carboxylic acids is 1. The summed E-state index contributed by atoms with van der Waals surface area (Å²) in [6, 6.07) is 17.2. The van der Waals surface area contributed by atoms with E-state index in [0.717, 1.165) is 28.6 Å². The van der Waals surface area contributed by atoms with Gasteiger partial charge in [-0.2, -0.15) is 8.75 Å². The zero-order valence-electron chi connectivity index (χ0n) is 18.9. The number of hydrogen-bond donors (Lipinski definition) is 1. The minimum atomic E-state index is -1.19. The number of aliphatic carboxylic acids is 1. The molecule has 1 aromatic heterocycles. The Kier molecular flexibility index (Phi) is 6.70. The van der Waals surface area contributed by atoms with Gasteiger partial charge in [0.15, 0.2) is 5.78 Å². The van der Waals surface area contributed by atoms with Gasteiger partial charge in [-0.1, -0.05) is 18.2 Å². The van der Waals surface area contributed by atoms with Crippen LogP contribution >= 0.6 is 11.7 Å². The quantitative estimate of drug-likeness (QED) is 0.284. The van der Waals surface area contributed by atoms with Crippen LogP contribution in [0.5, 0.6) is 11.5 Å². The second-order valence-corrected chi connectivity index (χ2v) is 8.19. The Hall–Kier alpha value is -4.04. The van der Waals surface area contributed by atoms with E-state index >= 15 is 0 Å². The minimum Gasteiger partial charge on any atom is -0.497 e. The van der Waals surface area contributed by atoms with Crippen molar-refractivity contribution in [2.24, 2.45) is 0 Å². The molecular formula is C26H22N2O5S. The normalized spacial score (nSPS) is 11.7. The molecule has 172 valence electrons. The molecule has 4 aromatic rings. The van der Waals surface area contributed by atoms with E-state index in [4.69, 9.17) is 9.47 Å². The van der Waals surface area contributed by atoms with Gasteiger partial charge >= 0.3 is 5.97 Å². The number of ketones is 1. The number of aryl methyl sites for hydroxylation is 1. The number of ether oxygens (including phenoxy) is 2. The minimum absolute atomic E-state index is 0.0656. The van der Waals surface area contributed by atoms with Crippen molar-refractivity contribution in [3.05, 3.63) is 88.5 Å². The molecule has 4 rings (SSSR count). The van der Waals surface area contributed by atoms with Crippen LogP contribution in [0.3, 0.4) is 0 Å². The fraction of sp³-hybridized carbons (Fsp3) is 0.154. The molecule has 1 N–H and O–H groups in total. The van der Waals surface area contributed by atoms with E-state index in [9.17, 15) is 14.7 Å². The van der Waals surface area contributed by atoms with Gasteiger partial charge < -0.3 is 14.6 Å². The number of fused-ring (bicyclic) bond motifs is 1. The number of aromatic nitrogens is 2. The van der Waals surface area contributed by atoms with Gasteiger partial charge in [0, 0.05) is 17.6 Å². The first kappa shape index (κ1) is 23.1. The first-order valence-corrected chi connectivity index (χ1v) is 11.2. The maximum atomic E-state index is 13.7. The maximum Gasteiger partial charge on any atom is 0.336 e. The number of allylic oxidation sites excluding steroid dienone is 1. The topological polar surface area (TPSA) is 98.6 Å². The van der Waals surface area contributed by atoms with Gasteiger partial charge in [-0.25, -0.2) is 4.79 Å². The Morgan fingerprint density at radius 1 is 0.882 bits per heavy atom. The van der Waals surface area contributed by atoms with Crippen molar-refractivity contribution in [2.45, 2.75) is 13.3 Å². The summed E-state index contributed by atoms with van der Waals surface area (Å²) in [5.74, 6) is -0.238. The Morgan fingerprint density at radius 3 is 2.24 bits per heavy atom. The van der Waals surface area contributed by atoms with E-state index in [1.165, 1.54) is 0 Å². The third-order valence-electron chi connectivity index (χ3n) is 5.52. The summed E-state index contributed by atoms with van der Waals surface area (Å²) < 4.78 is 18.9. The summed E-state index contributed by atoms with van der Waals surface area (Å²) in [7, 11) is 3.13. The number of Topliss-reactive ketones (excluding diaryl/α,β-unsaturated/α-hetero) is 1. The number of hydrogen-bond acceptors (Lipinski definition) is 7. The number of carboxylic acid groups (broad SMARTS) is 1. The molecule has 0 amide bonds. The van der Waals surface area contributed by atoms with Crippen LogP contribution in [0, 0.1) is 6.92 Å². The lowest BCUT2D eigenvalue weighted by Gasteiger charge is -2.14. The Morgan fingerprint density at radius 2 is 1.59 bits per heavy atom. The van der Waals surface area contributed by atoms with Crippen LogP contribution in [0.1, 0.15) is 27.0 Å². The molecular weight excluding hydrogens is 452 g/mol. The van der Waals surface area contributed by atoms with Crippen LogP contribution in [0.25, 0.3) is 16.6 Å². The van der Waals surface area contributed by atoms with E-state index in [-0.39, 0.29) is 23.4 Å². The summed E-state index contributed by atoms with van der Waals surface area (Å²) in [6.45, 7) is 1.90. The van der Waals surface area contributed by atoms with Gasteiger partial charge in [0.2, 0.25) is 0 Å². The number of carboxylic acids is 1. The van der Waals surface area contributed by atoms with Crippen molar-refractivity contribution in [1.29, 1.82) is 0 Å². The number of carbonyl (C=O) groups is 2. The molecule has 8 heteroatoms. The molecule has 0 spiro atoms. The zero-order chi connectivity index (χ0) is 24.2. The molecule has 0 aliphatic rings. The molecule has 0 fully saturated rings. The van der Waals surface area contributed by atoms with E-state index in [1.54, 1.807) is 56.7 Å². The van der Waals surface area contributed by atoms with Crippen molar-refractivity contribution in [3.63, 3.8) is 0 Å². The highest BCUT2D eigenvalue weighted by atomic mass is 32.1. The predicted molar refractivity (Wildman–Crippen MR) is 131 cm³/mol. The average molecular weight is 475 g/mol. The molecule has 0 aliphatic heterocycles. The summed E-state index contributed by atoms with van der Waals surface area (Å²) in [5, 5.41) is 10.2. The predicted octanol–water partition coefficient (Wildman–Crippen LogP) is 4.98. The number of rotatable bonds is 8. The number of benzene rings is 3. The largest absolute Gasteiger partial charge is 0.497 e. The third kappa shape index (κ3) is 4.67. The summed E-state index contributed by atoms with van der Waals surface area (Å²) in [5.41, 5.74) is 3.82. The molecule has 1 heterocycles. The van der Waals surface area contributed by atoms with Crippen molar-refractivity contribution < 1.29 is 24.2 Å². The van der Waals surface area contributed by atoms with E-state index in [2.05, 4.69) is 8.75 Å². The standard InChI is InChI=1S/C26H22N2O5S/c1-15-12-16(4-11-23(15)33-3)13-20(25(29)17-5-8-19(32-2)9-6-17)24(26(30)31)18-7-10-21-22(14-18)28-34-27-21/h4-12,14H,13H2,1-3H3,(H,30,31). The highest BCUT2D eigenvalue weighted by molar-refractivity contribution is 7.00. The number of nitrogens with zero attached hydrogens (tertiary/aromatic N) is 2. The molecule has 0 bridgehead atoms. The monoisotopic (exact) mass is 474 g/mol. The first-order valence-electron chi connectivity index (χ1n) is 10.4. The fourth-order valence-corrected chi connectivity index (χ4v) is 4.34. The molecule has 7 nitrogen and oxygen atoms in total. The summed E-state index contributed by atoms with van der Waals surface area (Å²) in [4.78, 5) is 26.2. The summed E-state index contributed by atoms with van der Waals surface area (Å²) >= 11 is 1.05. The smallest absolute Gasteiger partial charge is 0.336 e. The van der Waals surface area contributed by atoms with Crippen molar-refractivity contribution >= 4 is 40.1 Å². The lowest BCUT2D eigenvalue weighted by Crippen LogP contribution is -2.14. The molecule has 3 aromatic carbocycles. The molecule has 0 saturated carbocycles. The van der Waals surface area contributed by atoms with Crippen LogP contribution in [0.4, 0.5) is 0 Å². The van der Waals surface area contributed by atoms with E-state index in [1.807, 2.05) is 25.1 Å². The van der Waals surface area contributed by atoms with Crippen LogP contribution in [-0.2, 0) is 11.2 Å². The Balaban J connectivity index is 1.89. The van der Waals surface area contributed by atoms with Crippen LogP contribution in [0.2, 0.25) is 0 Å². The van der Waals surface area contributed by atoms with Gasteiger partial charge in [-0.3, -0.25) is 4.79 Å². The SMILES string of the molecule is COc1ccc(C(=O)C(Cc2ccc(OC)c(C)c2)=C(C(=O)O)c2ccc3nsnc3c2)cc1. The second kappa shape index (κ2) is 9.84. The van der Waals surface area contributed by atoms with Gasteiger partial charge in [-0.15, -0.1) is 0 Å². The van der Waals surface area contributed by atoms with Crippen LogP contribution in [0.15, 0.2) is 66.2 Å². The first-order chi connectivity index (χ1) is 16.4. The molecule has 0 aliphatic carbocycles. The maximum absolute atomic E-state index is 13.7. The third-order valence-corrected chi connectivity index (χ3v) is 6.08. The van der Waals surface area contributed by atoms with Gasteiger partial charge in [0.1, 0.15) is 22.5 Å². The van der Waals surface area contributed by atoms with Crippen molar-refractivity contribution in [2.75, 3.05) is 14.2 Å².